The lowest BCUT2D eigenvalue weighted by Gasteiger charge is -2.29. The third-order valence-electron chi connectivity index (χ3n) is 3.14. The highest BCUT2D eigenvalue weighted by atomic mass is 35.5. The Hall–Kier alpha value is -1.28. The van der Waals surface area contributed by atoms with Crippen LogP contribution in [0, 0.1) is 11.3 Å². The molecule has 1 atom stereocenters. The first-order valence-corrected chi connectivity index (χ1v) is 6.83. The number of morpholine rings is 1. The first kappa shape index (κ1) is 14.1. The van der Waals surface area contributed by atoms with E-state index in [-0.39, 0.29) is 0 Å². The first-order chi connectivity index (χ1) is 9.19. The van der Waals surface area contributed by atoms with Crippen molar-refractivity contribution in [2.24, 2.45) is 0 Å². The zero-order valence-corrected chi connectivity index (χ0v) is 11.8. The van der Waals surface area contributed by atoms with Gasteiger partial charge in [0.2, 0.25) is 0 Å². The molecule has 0 aromatic heterocycles. The van der Waals surface area contributed by atoms with Crippen molar-refractivity contribution in [1.82, 2.24) is 4.90 Å². The molecule has 1 aromatic carbocycles. The van der Waals surface area contributed by atoms with Crippen molar-refractivity contribution in [3.05, 3.63) is 28.8 Å². The minimum Gasteiger partial charge on any atom is -0.381 e. The minimum atomic E-state index is 0.321. The average molecular weight is 280 g/mol. The summed E-state index contributed by atoms with van der Waals surface area (Å²) in [5.74, 6) is 0. The maximum Gasteiger partial charge on any atom is 0.101 e. The van der Waals surface area contributed by atoms with Crippen LogP contribution in [-0.2, 0) is 4.74 Å². The van der Waals surface area contributed by atoms with E-state index in [0.29, 0.717) is 16.6 Å². The quantitative estimate of drug-likeness (QED) is 0.919. The molecule has 0 bridgehead atoms. The van der Waals surface area contributed by atoms with Crippen LogP contribution in [-0.4, -0.2) is 43.8 Å². The van der Waals surface area contributed by atoms with Gasteiger partial charge in [0.15, 0.2) is 0 Å². The third-order valence-corrected chi connectivity index (χ3v) is 3.45. The molecule has 2 rings (SSSR count). The Morgan fingerprint density at radius 3 is 2.84 bits per heavy atom. The van der Waals surface area contributed by atoms with E-state index in [1.54, 1.807) is 12.1 Å². The molecule has 1 saturated heterocycles. The van der Waals surface area contributed by atoms with E-state index in [4.69, 9.17) is 21.6 Å². The van der Waals surface area contributed by atoms with Crippen LogP contribution in [0.5, 0.6) is 0 Å². The molecule has 4 nitrogen and oxygen atoms in total. The lowest BCUT2D eigenvalue weighted by molar-refractivity contribution is 0.0368. The fourth-order valence-corrected chi connectivity index (χ4v) is 2.42. The molecule has 1 aliphatic heterocycles. The van der Waals surface area contributed by atoms with E-state index in [1.807, 2.05) is 6.07 Å². The molecule has 1 N–H and O–H groups in total. The van der Waals surface area contributed by atoms with Gasteiger partial charge < -0.3 is 10.1 Å². The van der Waals surface area contributed by atoms with Crippen molar-refractivity contribution in [3.63, 3.8) is 0 Å². The van der Waals surface area contributed by atoms with Crippen LogP contribution in [0.15, 0.2) is 18.2 Å². The van der Waals surface area contributed by atoms with Gasteiger partial charge in [-0.2, -0.15) is 5.26 Å². The fraction of sp³-hybridized carbons (Fsp3) is 0.500. The van der Waals surface area contributed by atoms with Gasteiger partial charge in [0.1, 0.15) is 6.07 Å². The molecule has 5 heteroatoms. The van der Waals surface area contributed by atoms with E-state index in [2.05, 4.69) is 23.2 Å². The van der Waals surface area contributed by atoms with E-state index in [0.717, 1.165) is 38.5 Å². The van der Waals surface area contributed by atoms with Crippen molar-refractivity contribution >= 4 is 17.3 Å². The van der Waals surface area contributed by atoms with Crippen LogP contribution in [0.3, 0.4) is 0 Å². The number of ether oxygens (including phenoxy) is 1. The summed E-state index contributed by atoms with van der Waals surface area (Å²) in [5.41, 5.74) is 1.46. The standard InChI is InChI=1S/C14H18ClN3O/c1-11(10-18-4-6-19-7-5-18)17-13-3-2-12(9-16)14(15)8-13/h2-3,8,11,17H,4-7,10H2,1H3. The predicted molar refractivity (Wildman–Crippen MR) is 76.5 cm³/mol. The van der Waals surface area contributed by atoms with Crippen LogP contribution in [0.25, 0.3) is 0 Å². The monoisotopic (exact) mass is 279 g/mol. The summed E-state index contributed by atoms with van der Waals surface area (Å²) in [5, 5.41) is 12.7. The lowest BCUT2D eigenvalue weighted by atomic mass is 10.2. The maximum absolute atomic E-state index is 8.83. The molecule has 0 radical (unpaired) electrons. The van der Waals surface area contributed by atoms with Gasteiger partial charge in [-0.15, -0.1) is 0 Å². The number of halogens is 1. The number of hydrogen-bond donors (Lipinski definition) is 1. The highest BCUT2D eigenvalue weighted by molar-refractivity contribution is 6.32. The number of rotatable bonds is 4. The number of nitrogens with zero attached hydrogens (tertiary/aromatic N) is 2. The third kappa shape index (κ3) is 4.10. The number of nitrogens with one attached hydrogen (secondary N) is 1. The molecular formula is C14H18ClN3O. The van der Waals surface area contributed by atoms with Crippen molar-refractivity contribution < 1.29 is 4.74 Å². The van der Waals surface area contributed by atoms with Gasteiger partial charge in [-0.25, -0.2) is 0 Å². The SMILES string of the molecule is CC(CN1CCOCC1)Nc1ccc(C#N)c(Cl)c1. The van der Waals surface area contributed by atoms with Crippen molar-refractivity contribution in [1.29, 1.82) is 5.26 Å². The van der Waals surface area contributed by atoms with E-state index >= 15 is 0 Å². The molecular weight excluding hydrogens is 262 g/mol. The molecule has 19 heavy (non-hydrogen) atoms. The Morgan fingerprint density at radius 1 is 1.47 bits per heavy atom. The summed E-state index contributed by atoms with van der Waals surface area (Å²) in [7, 11) is 0. The zero-order valence-electron chi connectivity index (χ0n) is 11.0. The number of nitriles is 1. The first-order valence-electron chi connectivity index (χ1n) is 6.45. The lowest BCUT2D eigenvalue weighted by Crippen LogP contribution is -2.42. The summed E-state index contributed by atoms with van der Waals surface area (Å²) in [6, 6.07) is 7.81. The molecule has 1 unspecified atom stereocenters. The topological polar surface area (TPSA) is 48.3 Å². The molecule has 0 amide bonds. The van der Waals surface area contributed by atoms with Crippen molar-refractivity contribution in [2.75, 3.05) is 38.2 Å². The van der Waals surface area contributed by atoms with Crippen LogP contribution in [0.1, 0.15) is 12.5 Å². The van der Waals surface area contributed by atoms with Gasteiger partial charge in [0.25, 0.3) is 0 Å². The summed E-state index contributed by atoms with van der Waals surface area (Å²) >= 11 is 6.02. The summed E-state index contributed by atoms with van der Waals surface area (Å²) in [6.45, 7) is 6.72. The largest absolute Gasteiger partial charge is 0.381 e. The van der Waals surface area contributed by atoms with E-state index in [9.17, 15) is 0 Å². The minimum absolute atomic E-state index is 0.321. The molecule has 1 aliphatic rings. The molecule has 1 fully saturated rings. The van der Waals surface area contributed by atoms with Gasteiger partial charge in [0.05, 0.1) is 23.8 Å². The Bertz CT molecular complexity index is 466. The highest BCUT2D eigenvalue weighted by Gasteiger charge is 2.13. The summed E-state index contributed by atoms with van der Waals surface area (Å²) in [4.78, 5) is 2.38. The Kier molecular flexibility index (Phi) is 5.03. The van der Waals surface area contributed by atoms with E-state index in [1.165, 1.54) is 0 Å². The second kappa shape index (κ2) is 6.76. The second-order valence-corrected chi connectivity index (χ2v) is 5.17. The number of anilines is 1. The van der Waals surface area contributed by atoms with Gasteiger partial charge in [-0.05, 0) is 25.1 Å². The zero-order chi connectivity index (χ0) is 13.7. The second-order valence-electron chi connectivity index (χ2n) is 4.76. The Morgan fingerprint density at radius 2 is 2.21 bits per heavy atom. The number of benzene rings is 1. The summed E-state index contributed by atoms with van der Waals surface area (Å²) < 4.78 is 5.33. The van der Waals surface area contributed by atoms with Gasteiger partial charge in [-0.3, -0.25) is 4.90 Å². The highest BCUT2D eigenvalue weighted by Crippen LogP contribution is 2.20. The van der Waals surface area contributed by atoms with E-state index < -0.39 is 0 Å². The molecule has 0 spiro atoms. The van der Waals surface area contributed by atoms with Crippen molar-refractivity contribution in [2.45, 2.75) is 13.0 Å². The maximum atomic E-state index is 8.83. The van der Waals surface area contributed by atoms with Crippen LogP contribution >= 0.6 is 11.6 Å². The summed E-state index contributed by atoms with van der Waals surface area (Å²) in [6.07, 6.45) is 0. The van der Waals surface area contributed by atoms with Crippen LogP contribution < -0.4 is 5.32 Å². The fourth-order valence-electron chi connectivity index (χ4n) is 2.20. The smallest absolute Gasteiger partial charge is 0.101 e. The Labute approximate surface area is 118 Å². The molecule has 1 aromatic rings. The van der Waals surface area contributed by atoms with Crippen LogP contribution in [0.4, 0.5) is 5.69 Å². The van der Waals surface area contributed by atoms with Crippen molar-refractivity contribution in [3.8, 4) is 6.07 Å². The van der Waals surface area contributed by atoms with Gasteiger partial charge in [-0.1, -0.05) is 11.6 Å². The van der Waals surface area contributed by atoms with Gasteiger partial charge >= 0.3 is 0 Å². The molecule has 1 heterocycles. The average Bonchev–Trinajstić information content (AvgIpc) is 2.40. The molecule has 102 valence electrons. The van der Waals surface area contributed by atoms with Gasteiger partial charge in [0, 0.05) is 31.4 Å². The van der Waals surface area contributed by atoms with Crippen LogP contribution in [0.2, 0.25) is 5.02 Å². The predicted octanol–water partition coefficient (Wildman–Crippen LogP) is 2.34. The number of hydrogen-bond acceptors (Lipinski definition) is 4. The molecule has 0 aliphatic carbocycles. The Balaban J connectivity index is 1.89. The molecule has 0 saturated carbocycles. The normalized spacial score (nSPS) is 17.7.